The molecule has 3 unspecified atom stereocenters. The summed E-state index contributed by atoms with van der Waals surface area (Å²) in [5.74, 6) is 1.08. The molecule has 0 fully saturated rings. The zero-order valence-electron chi connectivity index (χ0n) is 21.9. The van der Waals surface area contributed by atoms with Crippen LogP contribution in [0.2, 0.25) is 0 Å². The number of aryl methyl sites for hydroxylation is 1. The highest BCUT2D eigenvalue weighted by molar-refractivity contribution is 5.38. The van der Waals surface area contributed by atoms with Crippen molar-refractivity contribution in [3.8, 4) is 0 Å². The van der Waals surface area contributed by atoms with Crippen molar-refractivity contribution in [2.24, 2.45) is 0 Å². The molecule has 0 heterocycles. The third-order valence-corrected chi connectivity index (χ3v) is 7.70. The fourth-order valence-corrected chi connectivity index (χ4v) is 5.43. The Morgan fingerprint density at radius 1 is 0.703 bits per heavy atom. The number of hydrogen-bond donors (Lipinski definition) is 0. The molecule has 2 nitrogen and oxygen atoms in total. The first kappa shape index (κ1) is 25.4. The van der Waals surface area contributed by atoms with Gasteiger partial charge in [0.1, 0.15) is 0 Å². The molecule has 1 aliphatic carbocycles. The van der Waals surface area contributed by atoms with Gasteiger partial charge in [0.25, 0.3) is 0 Å². The predicted octanol–water partition coefficient (Wildman–Crippen LogP) is 8.43. The number of hydrogen-bond acceptors (Lipinski definition) is 2. The molecule has 37 heavy (non-hydrogen) atoms. The van der Waals surface area contributed by atoms with Gasteiger partial charge in [-0.1, -0.05) is 116 Å². The van der Waals surface area contributed by atoms with E-state index < -0.39 is 0 Å². The topological polar surface area (TPSA) is 18.5 Å². The molecule has 4 aromatic carbocycles. The third-order valence-electron chi connectivity index (χ3n) is 7.70. The van der Waals surface area contributed by atoms with Crippen LogP contribution >= 0.6 is 0 Å². The van der Waals surface area contributed by atoms with Crippen molar-refractivity contribution in [3.05, 3.63) is 143 Å². The van der Waals surface area contributed by atoms with Crippen molar-refractivity contribution >= 4 is 0 Å². The monoisotopic (exact) mass is 490 g/mol. The van der Waals surface area contributed by atoms with Crippen LogP contribution in [0.15, 0.2) is 109 Å². The lowest BCUT2D eigenvalue weighted by Gasteiger charge is -2.29. The van der Waals surface area contributed by atoms with Crippen LogP contribution in [-0.4, -0.2) is 13.2 Å². The van der Waals surface area contributed by atoms with Gasteiger partial charge in [-0.2, -0.15) is 0 Å². The summed E-state index contributed by atoms with van der Waals surface area (Å²) in [5, 5.41) is 0. The Kier molecular flexibility index (Phi) is 8.84. The fraction of sp³-hybridized carbons (Fsp3) is 0.314. The van der Waals surface area contributed by atoms with E-state index >= 15 is 0 Å². The summed E-state index contributed by atoms with van der Waals surface area (Å²) in [7, 11) is 0. The number of rotatable bonds is 13. The van der Waals surface area contributed by atoms with E-state index in [9.17, 15) is 0 Å². The molecule has 0 aliphatic heterocycles. The van der Waals surface area contributed by atoms with Crippen LogP contribution < -0.4 is 0 Å². The summed E-state index contributed by atoms with van der Waals surface area (Å²) in [6.07, 6.45) is 4.66. The van der Waals surface area contributed by atoms with E-state index in [2.05, 4.69) is 116 Å². The molecule has 0 amide bonds. The predicted molar refractivity (Wildman–Crippen MR) is 152 cm³/mol. The SMILES string of the molecule is CC(CC(CCc1ccc(COCCOC2Cc3ccccc32)cc1)c1ccccc1)c1ccccc1. The molecule has 0 bridgehead atoms. The minimum Gasteiger partial charge on any atom is -0.374 e. The molecule has 0 aromatic heterocycles. The first-order valence-corrected chi connectivity index (χ1v) is 13.7. The van der Waals surface area contributed by atoms with E-state index in [1.165, 1.54) is 33.4 Å². The second kappa shape index (κ2) is 12.9. The van der Waals surface area contributed by atoms with Crippen molar-refractivity contribution in [1.29, 1.82) is 0 Å². The Bertz CT molecular complexity index is 1220. The molecule has 4 aromatic rings. The zero-order chi connectivity index (χ0) is 25.3. The maximum Gasteiger partial charge on any atom is 0.0869 e. The van der Waals surface area contributed by atoms with Gasteiger partial charge in [0.15, 0.2) is 0 Å². The zero-order valence-corrected chi connectivity index (χ0v) is 21.9. The van der Waals surface area contributed by atoms with Gasteiger partial charge in [-0.05, 0) is 64.5 Å². The quantitative estimate of drug-likeness (QED) is 0.175. The maximum atomic E-state index is 5.98. The number of ether oxygens (including phenoxy) is 2. The van der Waals surface area contributed by atoms with Gasteiger partial charge >= 0.3 is 0 Å². The number of benzene rings is 4. The highest BCUT2D eigenvalue weighted by atomic mass is 16.5. The average molecular weight is 491 g/mol. The molecule has 0 N–H and O–H groups in total. The lowest BCUT2D eigenvalue weighted by molar-refractivity contribution is -0.0100. The molecular weight excluding hydrogens is 452 g/mol. The fourth-order valence-electron chi connectivity index (χ4n) is 5.43. The molecule has 5 rings (SSSR count). The smallest absolute Gasteiger partial charge is 0.0869 e. The lowest BCUT2D eigenvalue weighted by Crippen LogP contribution is -2.21. The summed E-state index contributed by atoms with van der Waals surface area (Å²) < 4.78 is 11.9. The molecule has 0 saturated heterocycles. The third kappa shape index (κ3) is 6.97. The van der Waals surface area contributed by atoms with Crippen LogP contribution in [0.1, 0.15) is 71.1 Å². The van der Waals surface area contributed by atoms with E-state index in [0.29, 0.717) is 31.7 Å². The van der Waals surface area contributed by atoms with Gasteiger partial charge in [-0.15, -0.1) is 0 Å². The van der Waals surface area contributed by atoms with Crippen molar-refractivity contribution in [1.82, 2.24) is 0 Å². The second-order valence-electron chi connectivity index (χ2n) is 10.3. The van der Waals surface area contributed by atoms with E-state index in [1.54, 1.807) is 0 Å². The molecule has 0 saturated carbocycles. The Hall–Kier alpha value is -3.20. The summed E-state index contributed by atoms with van der Waals surface area (Å²) in [6.45, 7) is 4.25. The van der Waals surface area contributed by atoms with Gasteiger partial charge < -0.3 is 9.47 Å². The standard InChI is InChI=1S/C35H38O2/c1-27(30-10-4-2-5-11-30)24-32(31-12-6-3-7-13-31)21-20-28-16-18-29(19-17-28)26-36-22-23-37-35-25-33-14-8-9-15-34(33)35/h2-19,27,32,35H,20-26H2,1H3. The lowest BCUT2D eigenvalue weighted by atomic mass is 9.83. The van der Waals surface area contributed by atoms with Crippen LogP contribution in [0.25, 0.3) is 0 Å². The molecule has 0 radical (unpaired) electrons. The molecule has 0 spiro atoms. The Labute approximate surface area is 222 Å². The van der Waals surface area contributed by atoms with E-state index in [1.807, 2.05) is 0 Å². The van der Waals surface area contributed by atoms with E-state index in [4.69, 9.17) is 9.47 Å². The first-order valence-electron chi connectivity index (χ1n) is 13.7. The van der Waals surface area contributed by atoms with Crippen LogP contribution in [0, 0.1) is 0 Å². The summed E-state index contributed by atoms with van der Waals surface area (Å²) in [6, 6.07) is 39.4. The van der Waals surface area contributed by atoms with E-state index in [-0.39, 0.29) is 6.10 Å². The van der Waals surface area contributed by atoms with Crippen molar-refractivity contribution in [2.45, 2.75) is 57.2 Å². The second-order valence-corrected chi connectivity index (χ2v) is 10.3. The molecule has 2 heteroatoms. The van der Waals surface area contributed by atoms with Gasteiger partial charge in [-0.25, -0.2) is 0 Å². The first-order chi connectivity index (χ1) is 18.3. The van der Waals surface area contributed by atoms with Crippen LogP contribution in [0.5, 0.6) is 0 Å². The Morgan fingerprint density at radius 3 is 2.08 bits per heavy atom. The van der Waals surface area contributed by atoms with Gasteiger partial charge in [0.05, 0.1) is 25.9 Å². The highest BCUT2D eigenvalue weighted by Gasteiger charge is 2.25. The average Bonchev–Trinajstić information content (AvgIpc) is 2.94. The van der Waals surface area contributed by atoms with Crippen molar-refractivity contribution < 1.29 is 9.47 Å². The molecule has 3 atom stereocenters. The normalized spacial score (nSPS) is 16.0. The largest absolute Gasteiger partial charge is 0.374 e. The summed E-state index contributed by atoms with van der Waals surface area (Å²) in [5.41, 5.74) is 8.23. The minimum atomic E-state index is 0.245. The Balaban J connectivity index is 1.07. The van der Waals surface area contributed by atoms with E-state index in [0.717, 1.165) is 25.7 Å². The molecule has 1 aliphatic rings. The minimum absolute atomic E-state index is 0.245. The molecule has 190 valence electrons. The Morgan fingerprint density at radius 2 is 1.35 bits per heavy atom. The van der Waals surface area contributed by atoms with Crippen molar-refractivity contribution in [2.75, 3.05) is 13.2 Å². The highest BCUT2D eigenvalue weighted by Crippen LogP contribution is 2.35. The summed E-state index contributed by atoms with van der Waals surface area (Å²) >= 11 is 0. The van der Waals surface area contributed by atoms with Crippen LogP contribution in [0.4, 0.5) is 0 Å². The van der Waals surface area contributed by atoms with Gasteiger partial charge in [0.2, 0.25) is 0 Å². The van der Waals surface area contributed by atoms with Crippen molar-refractivity contribution in [3.63, 3.8) is 0 Å². The van der Waals surface area contributed by atoms with Crippen LogP contribution in [-0.2, 0) is 28.9 Å². The van der Waals surface area contributed by atoms with Gasteiger partial charge in [-0.3, -0.25) is 0 Å². The number of fused-ring (bicyclic) bond motifs is 1. The molecular formula is C35H38O2. The van der Waals surface area contributed by atoms with Gasteiger partial charge in [0, 0.05) is 6.42 Å². The summed E-state index contributed by atoms with van der Waals surface area (Å²) in [4.78, 5) is 0. The van der Waals surface area contributed by atoms with Crippen LogP contribution in [0.3, 0.4) is 0 Å². The maximum absolute atomic E-state index is 5.98.